The van der Waals surface area contributed by atoms with Gasteiger partial charge in [-0.3, -0.25) is 4.99 Å². The third-order valence-electron chi connectivity index (χ3n) is 5.51. The fourth-order valence-corrected chi connectivity index (χ4v) is 4.02. The highest BCUT2D eigenvalue weighted by Crippen LogP contribution is 2.17. The molecule has 0 aliphatic rings. The molecule has 0 fully saturated rings. The molecule has 0 aliphatic heterocycles. The summed E-state index contributed by atoms with van der Waals surface area (Å²) in [4.78, 5) is 28.4. The van der Waals surface area contributed by atoms with Crippen molar-refractivity contribution in [3.05, 3.63) is 59.7 Å². The fourth-order valence-electron chi connectivity index (χ4n) is 3.57. The van der Waals surface area contributed by atoms with Crippen LogP contribution in [0.5, 0.6) is 5.75 Å². The molecule has 0 aliphatic carbocycles. The zero-order chi connectivity index (χ0) is 28.8. The van der Waals surface area contributed by atoms with E-state index in [9.17, 15) is 18.0 Å². The third-order valence-corrected chi connectivity index (χ3v) is 6.01. The number of methoxy groups -OCH3 is 1. The molecule has 0 aromatic heterocycles. The zero-order valence-corrected chi connectivity index (χ0v) is 23.0. The Bertz CT molecular complexity index is 1220. The van der Waals surface area contributed by atoms with E-state index in [1.165, 1.54) is 7.11 Å². The van der Waals surface area contributed by atoms with Crippen LogP contribution in [0.15, 0.2) is 53.5 Å². The number of hydrogen-bond donors (Lipinski definition) is 4. The van der Waals surface area contributed by atoms with Gasteiger partial charge in [0.05, 0.1) is 6.26 Å². The number of benzene rings is 2. The Kier molecular flexibility index (Phi) is 12.7. The van der Waals surface area contributed by atoms with Crippen LogP contribution in [0.1, 0.15) is 30.4 Å². The van der Waals surface area contributed by atoms with Crippen LogP contribution < -0.4 is 26.7 Å². The smallest absolute Gasteiger partial charge is 0.343 e. The molecule has 2 rings (SSSR count). The first kappa shape index (κ1) is 31.5. The van der Waals surface area contributed by atoms with Crippen LogP contribution in [0.25, 0.3) is 0 Å². The summed E-state index contributed by atoms with van der Waals surface area (Å²) in [6.45, 7) is 1.01. The van der Waals surface area contributed by atoms with Gasteiger partial charge in [0, 0.05) is 32.3 Å². The summed E-state index contributed by atoms with van der Waals surface area (Å²) in [6.07, 6.45) is 2.53. The second kappa shape index (κ2) is 15.7. The summed E-state index contributed by atoms with van der Waals surface area (Å²) in [5.41, 5.74) is 19.0. The number of anilines is 1. The van der Waals surface area contributed by atoms with Gasteiger partial charge in [0.2, 0.25) is 0 Å². The second-order valence-electron chi connectivity index (χ2n) is 8.89. The van der Waals surface area contributed by atoms with Crippen LogP contribution >= 0.6 is 0 Å². The zero-order valence-electron chi connectivity index (χ0n) is 22.2. The van der Waals surface area contributed by atoms with E-state index in [0.717, 1.165) is 35.9 Å². The summed E-state index contributed by atoms with van der Waals surface area (Å²) >= 11 is 0. The summed E-state index contributed by atoms with van der Waals surface area (Å²) < 4.78 is 37.7. The maximum Gasteiger partial charge on any atom is 0.343 e. The standard InChI is InChI=1S/C26H37N5O7S/c1-36-23(25(33)37-24(32)22(27)9-5-15-31-26(28)29)17-19-10-12-20(13-11-19)30-14-4-7-18-6-3-8-21(16-18)38-39(2,34)35/h3,6,8,10-13,16,22-23,30H,4-5,7,9,14-15,17,27H2,1-2H3,(H4,28,29,31)/t22-,23-/m0/s1. The lowest BCUT2D eigenvalue weighted by molar-refractivity contribution is -0.167. The molecule has 0 heterocycles. The van der Waals surface area contributed by atoms with Gasteiger partial charge in [-0.15, -0.1) is 0 Å². The molecule has 13 heteroatoms. The van der Waals surface area contributed by atoms with Crippen molar-refractivity contribution in [3.8, 4) is 5.75 Å². The van der Waals surface area contributed by atoms with E-state index >= 15 is 0 Å². The number of hydrogen-bond acceptors (Lipinski definition) is 10. The normalized spacial score (nSPS) is 12.7. The number of ether oxygens (including phenoxy) is 2. The molecule has 0 radical (unpaired) electrons. The Morgan fingerprint density at radius 1 is 1.03 bits per heavy atom. The first-order valence-corrected chi connectivity index (χ1v) is 14.2. The molecule has 2 aromatic rings. The third kappa shape index (κ3) is 12.6. The van der Waals surface area contributed by atoms with Gasteiger partial charge in [-0.05, 0) is 61.1 Å². The summed E-state index contributed by atoms with van der Waals surface area (Å²) in [6, 6.07) is 13.5. The number of nitrogens with two attached hydrogens (primary N) is 3. The summed E-state index contributed by atoms with van der Waals surface area (Å²) in [5.74, 6) is -1.39. The number of rotatable bonds is 16. The van der Waals surface area contributed by atoms with Gasteiger partial charge in [-0.25, -0.2) is 9.59 Å². The number of carbonyl (C=O) groups excluding carboxylic acids is 2. The van der Waals surface area contributed by atoms with Crippen molar-refractivity contribution in [1.29, 1.82) is 0 Å². The Hall–Kier alpha value is -3.68. The van der Waals surface area contributed by atoms with Crippen molar-refractivity contribution < 1.29 is 31.7 Å². The lowest BCUT2D eigenvalue weighted by Crippen LogP contribution is -2.38. The highest BCUT2D eigenvalue weighted by molar-refractivity contribution is 7.86. The molecule has 0 bridgehead atoms. The number of nitrogens with zero attached hydrogens (tertiary/aromatic N) is 1. The Morgan fingerprint density at radius 3 is 2.38 bits per heavy atom. The van der Waals surface area contributed by atoms with Crippen LogP contribution in [0.3, 0.4) is 0 Å². The van der Waals surface area contributed by atoms with Crippen molar-refractivity contribution in [1.82, 2.24) is 0 Å². The van der Waals surface area contributed by atoms with E-state index < -0.39 is 34.2 Å². The number of esters is 2. The van der Waals surface area contributed by atoms with Crippen LogP contribution in [0.4, 0.5) is 5.69 Å². The number of aliphatic imine (C=N–C) groups is 1. The van der Waals surface area contributed by atoms with Crippen LogP contribution in [0.2, 0.25) is 0 Å². The van der Waals surface area contributed by atoms with Gasteiger partial charge in [0.15, 0.2) is 12.1 Å². The maximum atomic E-state index is 12.4. The summed E-state index contributed by atoms with van der Waals surface area (Å²) in [5, 5.41) is 3.32. The van der Waals surface area contributed by atoms with E-state index in [0.29, 0.717) is 25.3 Å². The van der Waals surface area contributed by atoms with E-state index in [1.807, 2.05) is 30.3 Å². The van der Waals surface area contributed by atoms with Gasteiger partial charge in [0.25, 0.3) is 0 Å². The van der Waals surface area contributed by atoms with Gasteiger partial charge in [-0.1, -0.05) is 24.3 Å². The first-order chi connectivity index (χ1) is 18.5. The Morgan fingerprint density at radius 2 is 1.74 bits per heavy atom. The topological polar surface area (TPSA) is 198 Å². The van der Waals surface area contributed by atoms with Crippen LogP contribution in [-0.2, 0) is 42.0 Å². The molecular weight excluding hydrogens is 526 g/mol. The molecular formula is C26H37N5O7S. The van der Waals surface area contributed by atoms with Crippen molar-refractivity contribution in [2.45, 2.75) is 44.2 Å². The predicted molar refractivity (Wildman–Crippen MR) is 149 cm³/mol. The van der Waals surface area contributed by atoms with E-state index in [4.69, 9.17) is 30.9 Å². The minimum Gasteiger partial charge on any atom is -0.390 e. The number of aryl methyl sites for hydroxylation is 1. The molecule has 0 amide bonds. The molecule has 214 valence electrons. The highest BCUT2D eigenvalue weighted by Gasteiger charge is 2.25. The quantitative estimate of drug-likeness (QED) is 0.0569. The molecule has 12 nitrogen and oxygen atoms in total. The van der Waals surface area contributed by atoms with Crippen molar-refractivity contribution in [3.63, 3.8) is 0 Å². The number of guanidine groups is 1. The molecule has 2 aromatic carbocycles. The average Bonchev–Trinajstić information content (AvgIpc) is 2.87. The second-order valence-corrected chi connectivity index (χ2v) is 10.5. The largest absolute Gasteiger partial charge is 0.390 e. The van der Waals surface area contributed by atoms with Gasteiger partial charge < -0.3 is 36.2 Å². The van der Waals surface area contributed by atoms with E-state index in [2.05, 4.69) is 10.3 Å². The number of nitrogens with one attached hydrogen (secondary N) is 1. The van der Waals surface area contributed by atoms with Crippen LogP contribution in [-0.4, -0.2) is 64.9 Å². The van der Waals surface area contributed by atoms with Crippen LogP contribution in [0, 0.1) is 0 Å². The summed E-state index contributed by atoms with van der Waals surface area (Å²) in [7, 11) is -2.20. The fraction of sp³-hybridized carbons (Fsp3) is 0.423. The molecule has 7 N–H and O–H groups in total. The number of carbonyl (C=O) groups is 2. The minimum atomic E-state index is -3.56. The van der Waals surface area contributed by atoms with Crippen molar-refractivity contribution >= 4 is 33.7 Å². The monoisotopic (exact) mass is 563 g/mol. The molecule has 0 unspecified atom stereocenters. The van der Waals surface area contributed by atoms with E-state index in [-0.39, 0.29) is 18.8 Å². The lowest BCUT2D eigenvalue weighted by atomic mass is 10.1. The van der Waals surface area contributed by atoms with Gasteiger partial charge >= 0.3 is 22.1 Å². The molecule has 2 atom stereocenters. The Labute approximate surface area is 229 Å². The van der Waals surface area contributed by atoms with E-state index in [1.54, 1.807) is 18.2 Å². The average molecular weight is 564 g/mol. The Balaban J connectivity index is 1.77. The van der Waals surface area contributed by atoms with Crippen molar-refractivity contribution in [2.24, 2.45) is 22.2 Å². The maximum absolute atomic E-state index is 12.4. The highest BCUT2D eigenvalue weighted by atomic mass is 32.2. The molecule has 0 spiro atoms. The van der Waals surface area contributed by atoms with Crippen molar-refractivity contribution in [2.75, 3.05) is 31.8 Å². The molecule has 39 heavy (non-hydrogen) atoms. The molecule has 0 saturated carbocycles. The first-order valence-electron chi connectivity index (χ1n) is 12.4. The minimum absolute atomic E-state index is 0.0458. The molecule has 0 saturated heterocycles. The predicted octanol–water partition coefficient (Wildman–Crippen LogP) is 1.08. The van der Waals surface area contributed by atoms with Gasteiger partial charge in [-0.2, -0.15) is 8.42 Å². The lowest BCUT2D eigenvalue weighted by Gasteiger charge is -2.16. The SMILES string of the molecule is CO[C@@H](Cc1ccc(NCCCc2cccc(OS(C)(=O)=O)c2)cc1)C(=O)OC(=O)[C@@H](N)CCCN=C(N)N. The van der Waals surface area contributed by atoms with Gasteiger partial charge in [0.1, 0.15) is 11.8 Å².